The number of methoxy groups -OCH3 is 1. The highest BCUT2D eigenvalue weighted by molar-refractivity contribution is 7.12. The molecule has 3 amide bonds. The summed E-state index contributed by atoms with van der Waals surface area (Å²) < 4.78 is 5.13. The summed E-state index contributed by atoms with van der Waals surface area (Å²) in [5.41, 5.74) is 2.76. The number of hydrogen-bond donors (Lipinski definition) is 4. The van der Waals surface area contributed by atoms with Crippen molar-refractivity contribution in [1.82, 2.24) is 20.9 Å². The van der Waals surface area contributed by atoms with Crippen molar-refractivity contribution in [2.45, 2.75) is 19.0 Å². The molecular formula is C26H26N4O4S. The maximum absolute atomic E-state index is 13.0. The van der Waals surface area contributed by atoms with E-state index in [1.165, 1.54) is 11.3 Å². The average molecular weight is 491 g/mol. The molecule has 0 aliphatic rings. The minimum Gasteiger partial charge on any atom is -0.497 e. The summed E-state index contributed by atoms with van der Waals surface area (Å²) >= 11 is 1.30. The molecule has 9 heteroatoms. The zero-order chi connectivity index (χ0) is 24.6. The number of rotatable bonds is 10. The molecule has 0 bridgehead atoms. The number of carbonyl (C=O) groups is 3. The number of para-hydroxylation sites is 1. The van der Waals surface area contributed by atoms with E-state index >= 15 is 0 Å². The van der Waals surface area contributed by atoms with Gasteiger partial charge in [-0.25, -0.2) is 0 Å². The van der Waals surface area contributed by atoms with E-state index in [-0.39, 0.29) is 24.8 Å². The van der Waals surface area contributed by atoms with Crippen LogP contribution in [0.5, 0.6) is 5.75 Å². The third kappa shape index (κ3) is 6.27. The van der Waals surface area contributed by atoms with Crippen LogP contribution in [0, 0.1) is 0 Å². The Labute approximate surface area is 206 Å². The van der Waals surface area contributed by atoms with E-state index in [9.17, 15) is 14.4 Å². The van der Waals surface area contributed by atoms with Crippen LogP contribution in [0.15, 0.2) is 72.2 Å². The third-order valence-electron chi connectivity index (χ3n) is 5.54. The topological polar surface area (TPSA) is 112 Å². The number of amides is 3. The molecule has 2 heterocycles. The van der Waals surface area contributed by atoms with Crippen molar-refractivity contribution in [3.8, 4) is 5.75 Å². The number of aromatic amines is 1. The largest absolute Gasteiger partial charge is 0.497 e. The van der Waals surface area contributed by atoms with Crippen molar-refractivity contribution in [3.05, 3.63) is 88.2 Å². The summed E-state index contributed by atoms with van der Waals surface area (Å²) in [4.78, 5) is 41.7. The summed E-state index contributed by atoms with van der Waals surface area (Å²) in [7, 11) is 1.59. The van der Waals surface area contributed by atoms with Gasteiger partial charge in [-0.3, -0.25) is 14.4 Å². The lowest BCUT2D eigenvalue weighted by molar-refractivity contribution is -0.127. The number of carbonyl (C=O) groups excluding carboxylic acids is 3. The highest BCUT2D eigenvalue weighted by Crippen LogP contribution is 2.19. The van der Waals surface area contributed by atoms with E-state index < -0.39 is 11.9 Å². The quantitative estimate of drug-likeness (QED) is 0.274. The van der Waals surface area contributed by atoms with Crippen molar-refractivity contribution in [2.24, 2.45) is 0 Å². The predicted octanol–water partition coefficient (Wildman–Crippen LogP) is 3.01. The molecule has 0 spiro atoms. The normalized spacial score (nSPS) is 11.6. The van der Waals surface area contributed by atoms with Crippen molar-refractivity contribution in [2.75, 3.05) is 13.7 Å². The molecule has 1 atom stereocenters. The fraction of sp³-hybridized carbons (Fsp3) is 0.192. The van der Waals surface area contributed by atoms with E-state index in [1.807, 2.05) is 54.7 Å². The first kappa shape index (κ1) is 24.0. The minimum absolute atomic E-state index is 0.200. The lowest BCUT2D eigenvalue weighted by atomic mass is 10.0. The van der Waals surface area contributed by atoms with Gasteiger partial charge in [-0.1, -0.05) is 36.4 Å². The molecule has 180 valence electrons. The van der Waals surface area contributed by atoms with Crippen LogP contribution in [0.2, 0.25) is 0 Å². The van der Waals surface area contributed by atoms with Crippen LogP contribution in [0.25, 0.3) is 10.9 Å². The smallest absolute Gasteiger partial charge is 0.262 e. The van der Waals surface area contributed by atoms with E-state index in [2.05, 4.69) is 20.9 Å². The number of fused-ring (bicyclic) bond motifs is 1. The molecule has 2 aromatic carbocycles. The SMILES string of the molecule is COc1ccc(CNC(=O)CNC(=O)C(Cc2c[nH]c3ccccc23)NC(=O)c2cccs2)cc1. The van der Waals surface area contributed by atoms with Gasteiger partial charge in [-0.05, 0) is 40.8 Å². The van der Waals surface area contributed by atoms with E-state index in [4.69, 9.17) is 4.74 Å². The monoisotopic (exact) mass is 490 g/mol. The predicted molar refractivity (Wildman–Crippen MR) is 135 cm³/mol. The Bertz CT molecular complexity index is 1300. The van der Waals surface area contributed by atoms with E-state index in [1.54, 1.807) is 24.6 Å². The second kappa shape index (κ2) is 11.3. The number of hydrogen-bond acceptors (Lipinski definition) is 5. The Kier molecular flexibility index (Phi) is 7.79. The number of aromatic nitrogens is 1. The summed E-state index contributed by atoms with van der Waals surface area (Å²) in [5.74, 6) is -0.355. The molecule has 0 saturated heterocycles. The molecule has 0 aliphatic carbocycles. The van der Waals surface area contributed by atoms with Crippen LogP contribution in [0.1, 0.15) is 20.8 Å². The van der Waals surface area contributed by atoms with Crippen LogP contribution >= 0.6 is 11.3 Å². The van der Waals surface area contributed by atoms with Gasteiger partial charge in [0.2, 0.25) is 11.8 Å². The standard InChI is InChI=1S/C26H26N4O4S/c1-34-19-10-8-17(9-11-19)14-28-24(31)16-29-25(32)22(30-26(33)23-7-4-12-35-23)13-18-15-27-21-6-3-2-5-20(18)21/h2-12,15,22,27H,13-14,16H2,1H3,(H,28,31)(H,29,32)(H,30,33). The van der Waals surface area contributed by atoms with Gasteiger partial charge in [0.05, 0.1) is 18.5 Å². The zero-order valence-corrected chi connectivity index (χ0v) is 20.0. The highest BCUT2D eigenvalue weighted by atomic mass is 32.1. The van der Waals surface area contributed by atoms with Gasteiger partial charge in [0.25, 0.3) is 5.91 Å². The molecule has 0 aliphatic heterocycles. The van der Waals surface area contributed by atoms with Gasteiger partial charge in [0.1, 0.15) is 11.8 Å². The Morgan fingerprint density at radius 1 is 1.00 bits per heavy atom. The maximum atomic E-state index is 13.0. The van der Waals surface area contributed by atoms with Crippen molar-refractivity contribution < 1.29 is 19.1 Å². The molecule has 1 unspecified atom stereocenters. The lowest BCUT2D eigenvalue weighted by Crippen LogP contribution is -2.49. The minimum atomic E-state index is -0.849. The van der Waals surface area contributed by atoms with Crippen LogP contribution in [0.3, 0.4) is 0 Å². The molecule has 0 radical (unpaired) electrons. The number of ether oxygens (including phenoxy) is 1. The van der Waals surface area contributed by atoms with Gasteiger partial charge in [0, 0.05) is 30.1 Å². The van der Waals surface area contributed by atoms with Crippen molar-refractivity contribution in [3.63, 3.8) is 0 Å². The summed E-state index contributed by atoms with van der Waals surface area (Å²) in [6.07, 6.45) is 2.12. The van der Waals surface area contributed by atoms with Gasteiger partial charge in [-0.2, -0.15) is 0 Å². The number of benzene rings is 2. The zero-order valence-electron chi connectivity index (χ0n) is 19.2. The van der Waals surface area contributed by atoms with Gasteiger partial charge < -0.3 is 25.7 Å². The second-order valence-electron chi connectivity index (χ2n) is 7.91. The molecule has 0 saturated carbocycles. The lowest BCUT2D eigenvalue weighted by Gasteiger charge is -2.18. The fourth-order valence-corrected chi connectivity index (χ4v) is 4.29. The number of nitrogens with one attached hydrogen (secondary N) is 4. The summed E-state index contributed by atoms with van der Waals surface area (Å²) in [5, 5.41) is 11.0. The molecule has 4 aromatic rings. The molecular weight excluding hydrogens is 464 g/mol. The Morgan fingerprint density at radius 2 is 1.80 bits per heavy atom. The van der Waals surface area contributed by atoms with E-state index in [0.29, 0.717) is 11.4 Å². The summed E-state index contributed by atoms with van der Waals surface area (Å²) in [6.45, 7) is 0.126. The second-order valence-corrected chi connectivity index (χ2v) is 8.86. The van der Waals surface area contributed by atoms with Gasteiger partial charge in [-0.15, -0.1) is 11.3 Å². The highest BCUT2D eigenvalue weighted by Gasteiger charge is 2.24. The molecule has 8 nitrogen and oxygen atoms in total. The number of thiophene rings is 1. The van der Waals surface area contributed by atoms with Crippen LogP contribution < -0.4 is 20.7 Å². The van der Waals surface area contributed by atoms with Crippen LogP contribution in [0.4, 0.5) is 0 Å². The fourth-order valence-electron chi connectivity index (χ4n) is 3.66. The first-order valence-corrected chi connectivity index (χ1v) is 12.0. The average Bonchev–Trinajstić information content (AvgIpc) is 3.57. The van der Waals surface area contributed by atoms with Crippen molar-refractivity contribution >= 4 is 40.0 Å². The van der Waals surface area contributed by atoms with E-state index in [0.717, 1.165) is 27.8 Å². The van der Waals surface area contributed by atoms with Crippen LogP contribution in [-0.2, 0) is 22.6 Å². The Balaban J connectivity index is 1.38. The first-order valence-electron chi connectivity index (χ1n) is 11.1. The van der Waals surface area contributed by atoms with Crippen LogP contribution in [-0.4, -0.2) is 42.4 Å². The maximum Gasteiger partial charge on any atom is 0.262 e. The first-order chi connectivity index (χ1) is 17.0. The Morgan fingerprint density at radius 3 is 2.54 bits per heavy atom. The molecule has 2 aromatic heterocycles. The van der Waals surface area contributed by atoms with Gasteiger partial charge in [0.15, 0.2) is 0 Å². The Hall–Kier alpha value is -4.11. The molecule has 35 heavy (non-hydrogen) atoms. The molecule has 4 N–H and O–H groups in total. The van der Waals surface area contributed by atoms with Crippen molar-refractivity contribution in [1.29, 1.82) is 0 Å². The summed E-state index contributed by atoms with van der Waals surface area (Å²) in [6, 6.07) is 17.7. The third-order valence-corrected chi connectivity index (χ3v) is 6.41. The molecule has 0 fully saturated rings. The molecule has 4 rings (SSSR count). The number of H-pyrrole nitrogens is 1. The van der Waals surface area contributed by atoms with Gasteiger partial charge >= 0.3 is 0 Å².